The molecule has 156 valence electrons. The number of aromatic nitrogens is 2. The van der Waals surface area contributed by atoms with E-state index in [1.807, 2.05) is 24.3 Å². The average molecular weight is 425 g/mol. The average Bonchev–Trinajstić information content (AvgIpc) is 2.95. The highest BCUT2D eigenvalue weighted by molar-refractivity contribution is 8.18. The number of imide groups is 1. The molecule has 1 fully saturated rings. The number of hydrogen-bond acceptors (Lipinski definition) is 6. The monoisotopic (exact) mass is 424 g/mol. The van der Waals surface area contributed by atoms with Crippen molar-refractivity contribution in [3.63, 3.8) is 0 Å². The molecule has 1 saturated heterocycles. The molecular weight excluding hydrogens is 400 g/mol. The summed E-state index contributed by atoms with van der Waals surface area (Å²) in [6.07, 6.45) is 4.53. The van der Waals surface area contributed by atoms with Crippen LogP contribution in [0.1, 0.15) is 48.0 Å². The molecule has 3 amide bonds. The van der Waals surface area contributed by atoms with Crippen molar-refractivity contribution in [1.82, 2.24) is 20.2 Å². The van der Waals surface area contributed by atoms with E-state index in [2.05, 4.69) is 36.1 Å². The number of benzene rings is 1. The summed E-state index contributed by atoms with van der Waals surface area (Å²) >= 11 is 0.910. The standard InChI is InChI=1S/C22H24N4O3S/c1-14-17(12-23-13-25-14)19(27)24-9-10-26-20(28)18(30-21(26)29)11-15-5-7-16(8-6-15)22(2,3)4/h5-8,11-13H,9-10H2,1-4H3,(H,24,27)/b18-11+. The van der Waals surface area contributed by atoms with Gasteiger partial charge >= 0.3 is 0 Å². The smallest absolute Gasteiger partial charge is 0.293 e. The van der Waals surface area contributed by atoms with Crippen LogP contribution in [0.3, 0.4) is 0 Å². The minimum Gasteiger partial charge on any atom is -0.350 e. The molecule has 0 saturated carbocycles. The predicted octanol–water partition coefficient (Wildman–Crippen LogP) is 3.55. The third kappa shape index (κ3) is 4.94. The Labute approximate surface area is 180 Å². The third-order valence-electron chi connectivity index (χ3n) is 4.73. The van der Waals surface area contributed by atoms with Gasteiger partial charge in [-0.05, 0) is 41.3 Å². The van der Waals surface area contributed by atoms with E-state index in [1.165, 1.54) is 18.1 Å². The van der Waals surface area contributed by atoms with Gasteiger partial charge in [0.25, 0.3) is 17.1 Å². The molecule has 3 rings (SSSR count). The number of carbonyl (C=O) groups excluding carboxylic acids is 3. The first-order valence-corrected chi connectivity index (χ1v) is 10.4. The Bertz CT molecular complexity index is 1010. The Morgan fingerprint density at radius 1 is 1.20 bits per heavy atom. The third-order valence-corrected chi connectivity index (χ3v) is 5.63. The van der Waals surface area contributed by atoms with E-state index in [9.17, 15) is 14.4 Å². The fourth-order valence-corrected chi connectivity index (χ4v) is 3.78. The lowest BCUT2D eigenvalue weighted by Gasteiger charge is -2.18. The van der Waals surface area contributed by atoms with Crippen LogP contribution in [0.5, 0.6) is 0 Å². The summed E-state index contributed by atoms with van der Waals surface area (Å²) in [6, 6.07) is 7.94. The molecule has 0 radical (unpaired) electrons. The van der Waals surface area contributed by atoms with Crippen LogP contribution in [0.25, 0.3) is 6.08 Å². The van der Waals surface area contributed by atoms with Crippen molar-refractivity contribution in [1.29, 1.82) is 0 Å². The molecule has 1 aliphatic rings. The molecule has 30 heavy (non-hydrogen) atoms. The fourth-order valence-electron chi connectivity index (χ4n) is 2.91. The highest BCUT2D eigenvalue weighted by atomic mass is 32.2. The maximum atomic E-state index is 12.6. The fraction of sp³-hybridized carbons (Fsp3) is 0.318. The predicted molar refractivity (Wildman–Crippen MR) is 117 cm³/mol. The maximum Gasteiger partial charge on any atom is 0.293 e. The lowest BCUT2D eigenvalue weighted by Crippen LogP contribution is -2.37. The van der Waals surface area contributed by atoms with Gasteiger partial charge in [-0.15, -0.1) is 0 Å². The lowest BCUT2D eigenvalue weighted by molar-refractivity contribution is -0.122. The number of rotatable bonds is 5. The Hall–Kier alpha value is -3.00. The van der Waals surface area contributed by atoms with Crippen molar-refractivity contribution in [3.05, 3.63) is 64.1 Å². The van der Waals surface area contributed by atoms with Crippen LogP contribution in [0, 0.1) is 6.92 Å². The molecule has 1 N–H and O–H groups in total. The summed E-state index contributed by atoms with van der Waals surface area (Å²) in [7, 11) is 0. The SMILES string of the molecule is Cc1ncncc1C(=O)NCCN1C(=O)S/C(=C/c2ccc(C(C)(C)C)cc2)C1=O. The summed E-state index contributed by atoms with van der Waals surface area (Å²) in [6.45, 7) is 8.38. The highest BCUT2D eigenvalue weighted by Crippen LogP contribution is 2.32. The zero-order valence-electron chi connectivity index (χ0n) is 17.4. The second-order valence-corrected chi connectivity index (χ2v) is 8.98. The van der Waals surface area contributed by atoms with Crippen LogP contribution in [-0.4, -0.2) is 45.0 Å². The molecule has 2 aromatic rings. The van der Waals surface area contributed by atoms with Gasteiger partial charge in [0.15, 0.2) is 0 Å². The summed E-state index contributed by atoms with van der Waals surface area (Å²) < 4.78 is 0. The normalized spacial score (nSPS) is 15.7. The molecule has 0 unspecified atom stereocenters. The van der Waals surface area contributed by atoms with Gasteiger partial charge in [0.2, 0.25) is 0 Å². The molecule has 1 aromatic heterocycles. The van der Waals surface area contributed by atoms with Gasteiger partial charge in [0.05, 0.1) is 16.2 Å². The highest BCUT2D eigenvalue weighted by Gasteiger charge is 2.34. The largest absolute Gasteiger partial charge is 0.350 e. The number of thioether (sulfide) groups is 1. The zero-order valence-corrected chi connectivity index (χ0v) is 18.2. The number of hydrogen-bond donors (Lipinski definition) is 1. The summed E-state index contributed by atoms with van der Waals surface area (Å²) in [4.78, 5) is 46.4. The topological polar surface area (TPSA) is 92.3 Å². The quantitative estimate of drug-likeness (QED) is 0.738. The van der Waals surface area contributed by atoms with Crippen molar-refractivity contribution < 1.29 is 14.4 Å². The van der Waals surface area contributed by atoms with Gasteiger partial charge in [-0.25, -0.2) is 9.97 Å². The van der Waals surface area contributed by atoms with Crippen LogP contribution >= 0.6 is 11.8 Å². The number of carbonyl (C=O) groups is 3. The van der Waals surface area contributed by atoms with Crippen LogP contribution in [0.2, 0.25) is 0 Å². The van der Waals surface area contributed by atoms with E-state index in [0.717, 1.165) is 22.2 Å². The van der Waals surface area contributed by atoms with Gasteiger partial charge in [-0.1, -0.05) is 45.0 Å². The molecule has 0 spiro atoms. The molecule has 0 bridgehead atoms. The molecule has 1 aromatic carbocycles. The molecular formula is C22H24N4O3S. The van der Waals surface area contributed by atoms with Gasteiger partial charge in [-0.2, -0.15) is 0 Å². The Morgan fingerprint density at radius 3 is 2.53 bits per heavy atom. The molecule has 7 nitrogen and oxygen atoms in total. The first kappa shape index (κ1) is 21.7. The maximum absolute atomic E-state index is 12.6. The molecule has 0 aliphatic carbocycles. The van der Waals surface area contributed by atoms with Crippen molar-refractivity contribution in [2.45, 2.75) is 33.1 Å². The number of nitrogens with zero attached hydrogens (tertiary/aromatic N) is 3. The van der Waals surface area contributed by atoms with Crippen molar-refractivity contribution in [3.8, 4) is 0 Å². The van der Waals surface area contributed by atoms with E-state index >= 15 is 0 Å². The van der Waals surface area contributed by atoms with Crippen LogP contribution < -0.4 is 5.32 Å². The van der Waals surface area contributed by atoms with Crippen LogP contribution in [0.4, 0.5) is 4.79 Å². The summed E-state index contributed by atoms with van der Waals surface area (Å²) in [5.41, 5.74) is 3.04. The number of aryl methyl sites for hydroxylation is 1. The summed E-state index contributed by atoms with van der Waals surface area (Å²) in [5.74, 6) is -0.687. The minimum atomic E-state index is -0.349. The van der Waals surface area contributed by atoms with Gasteiger partial charge in [-0.3, -0.25) is 19.3 Å². The summed E-state index contributed by atoms with van der Waals surface area (Å²) in [5, 5.41) is 2.36. The van der Waals surface area contributed by atoms with E-state index in [1.54, 1.807) is 13.0 Å². The van der Waals surface area contributed by atoms with Gasteiger partial charge in [0, 0.05) is 19.3 Å². The second-order valence-electron chi connectivity index (χ2n) is 7.98. The number of nitrogens with one attached hydrogen (secondary N) is 1. The van der Waals surface area contributed by atoms with Crippen LogP contribution in [0.15, 0.2) is 41.7 Å². The van der Waals surface area contributed by atoms with E-state index in [0.29, 0.717) is 16.2 Å². The van der Waals surface area contributed by atoms with Gasteiger partial charge < -0.3 is 5.32 Å². The van der Waals surface area contributed by atoms with Crippen molar-refractivity contribution >= 4 is 34.9 Å². The molecule has 8 heteroatoms. The van der Waals surface area contributed by atoms with Crippen LogP contribution in [-0.2, 0) is 10.2 Å². The molecule has 2 heterocycles. The van der Waals surface area contributed by atoms with E-state index in [4.69, 9.17) is 0 Å². The first-order chi connectivity index (χ1) is 14.2. The van der Waals surface area contributed by atoms with E-state index in [-0.39, 0.29) is 35.6 Å². The molecule has 1 aliphatic heterocycles. The zero-order chi connectivity index (χ0) is 21.9. The second kappa shape index (κ2) is 8.79. The number of amides is 3. The molecule has 0 atom stereocenters. The lowest BCUT2D eigenvalue weighted by atomic mass is 9.87. The van der Waals surface area contributed by atoms with Crippen molar-refractivity contribution in [2.24, 2.45) is 0 Å². The van der Waals surface area contributed by atoms with Gasteiger partial charge in [0.1, 0.15) is 6.33 Å². The first-order valence-electron chi connectivity index (χ1n) is 9.57. The van der Waals surface area contributed by atoms with Crippen molar-refractivity contribution in [2.75, 3.05) is 13.1 Å². The Kier molecular flexibility index (Phi) is 6.36. The Morgan fingerprint density at radius 2 is 1.90 bits per heavy atom. The Balaban J connectivity index is 1.61. The van der Waals surface area contributed by atoms with E-state index < -0.39 is 0 Å². The minimum absolute atomic E-state index is 0.0468.